The van der Waals surface area contributed by atoms with Crippen LogP contribution in [-0.4, -0.2) is 17.9 Å². The Balaban J connectivity index is 1.61. The number of carbonyl (C=O) groups is 2. The lowest BCUT2D eigenvalue weighted by atomic mass is 10.0. The second kappa shape index (κ2) is 9.39. The van der Waals surface area contributed by atoms with E-state index in [1.807, 2.05) is 56.3 Å². The van der Waals surface area contributed by atoms with Gasteiger partial charge in [0.1, 0.15) is 23.3 Å². The number of hydrogen-bond acceptors (Lipinski definition) is 4. The maximum Gasteiger partial charge on any atom is 0.268 e. The minimum Gasteiger partial charge on any atom is -0.485 e. The molecule has 6 nitrogen and oxygen atoms in total. The molecular formula is C26H24N2O4. The van der Waals surface area contributed by atoms with E-state index < -0.39 is 5.91 Å². The Bertz CT molecular complexity index is 1170. The summed E-state index contributed by atoms with van der Waals surface area (Å²) >= 11 is 0. The van der Waals surface area contributed by atoms with Crippen molar-refractivity contribution in [3.63, 3.8) is 0 Å². The van der Waals surface area contributed by atoms with Gasteiger partial charge in [0.2, 0.25) is 0 Å². The van der Waals surface area contributed by atoms with E-state index in [0.717, 1.165) is 22.4 Å². The molecule has 1 aliphatic heterocycles. The number of rotatable bonds is 6. The summed E-state index contributed by atoms with van der Waals surface area (Å²) in [5.74, 6) is 0.610. The van der Waals surface area contributed by atoms with E-state index in [4.69, 9.17) is 9.15 Å². The molecule has 0 fully saturated rings. The average molecular weight is 428 g/mol. The number of para-hydroxylation sites is 1. The third-order valence-electron chi connectivity index (χ3n) is 5.14. The smallest absolute Gasteiger partial charge is 0.268 e. The van der Waals surface area contributed by atoms with Gasteiger partial charge in [-0.3, -0.25) is 9.59 Å². The third kappa shape index (κ3) is 4.98. The van der Waals surface area contributed by atoms with Crippen molar-refractivity contribution in [2.24, 2.45) is 0 Å². The Hall–Kier alpha value is -4.06. The number of benzene rings is 2. The molecule has 0 saturated heterocycles. The topological polar surface area (TPSA) is 80.6 Å². The number of amides is 2. The molecule has 6 heteroatoms. The minimum absolute atomic E-state index is 0.128. The number of furan rings is 1. The second-order valence-electron chi connectivity index (χ2n) is 7.58. The van der Waals surface area contributed by atoms with Crippen molar-refractivity contribution >= 4 is 17.9 Å². The highest BCUT2D eigenvalue weighted by atomic mass is 16.5. The van der Waals surface area contributed by atoms with Gasteiger partial charge in [0.05, 0.1) is 12.8 Å². The molecule has 0 radical (unpaired) electrons. The summed E-state index contributed by atoms with van der Waals surface area (Å²) in [6.45, 7) is 4.06. The third-order valence-corrected chi connectivity index (χ3v) is 5.14. The zero-order valence-electron chi connectivity index (χ0n) is 17.9. The molecule has 0 bridgehead atoms. The van der Waals surface area contributed by atoms with Crippen molar-refractivity contribution < 1.29 is 18.7 Å². The maximum atomic E-state index is 13.0. The SMILES string of the molecule is Cc1ccc(C(=O)N/C(=C\C2=Cc3ccccc3O[C@H]2C)C(=O)NCc2ccco2)cc1. The summed E-state index contributed by atoms with van der Waals surface area (Å²) in [6.07, 6.45) is 4.88. The van der Waals surface area contributed by atoms with E-state index in [1.54, 1.807) is 36.6 Å². The Kier molecular flexibility index (Phi) is 6.22. The van der Waals surface area contributed by atoms with E-state index in [2.05, 4.69) is 10.6 Å². The minimum atomic E-state index is -0.422. The van der Waals surface area contributed by atoms with Crippen LogP contribution < -0.4 is 15.4 Å². The molecule has 2 aromatic carbocycles. The number of ether oxygens (including phenoxy) is 1. The van der Waals surface area contributed by atoms with Gasteiger partial charge in [0, 0.05) is 11.1 Å². The largest absolute Gasteiger partial charge is 0.485 e. The molecule has 1 aromatic heterocycles. The molecule has 0 saturated carbocycles. The fourth-order valence-electron chi connectivity index (χ4n) is 3.32. The van der Waals surface area contributed by atoms with Gasteiger partial charge in [-0.15, -0.1) is 0 Å². The molecule has 2 heterocycles. The molecule has 1 atom stereocenters. The van der Waals surface area contributed by atoms with Crippen molar-refractivity contribution in [1.29, 1.82) is 0 Å². The molecule has 0 spiro atoms. The maximum absolute atomic E-state index is 13.0. The predicted molar refractivity (Wildman–Crippen MR) is 122 cm³/mol. The van der Waals surface area contributed by atoms with Gasteiger partial charge in [0.15, 0.2) is 0 Å². The lowest BCUT2D eigenvalue weighted by molar-refractivity contribution is -0.118. The molecule has 4 rings (SSSR count). The molecule has 1 aliphatic rings. The highest BCUT2D eigenvalue weighted by molar-refractivity contribution is 6.03. The van der Waals surface area contributed by atoms with E-state index in [-0.39, 0.29) is 24.3 Å². The quantitative estimate of drug-likeness (QED) is 0.571. The number of fused-ring (bicyclic) bond motifs is 1. The predicted octanol–water partition coefficient (Wildman–Crippen LogP) is 4.38. The Labute approximate surface area is 186 Å². The fourth-order valence-corrected chi connectivity index (χ4v) is 3.32. The van der Waals surface area contributed by atoms with Crippen molar-refractivity contribution in [2.45, 2.75) is 26.5 Å². The summed E-state index contributed by atoms with van der Waals surface area (Å²) in [4.78, 5) is 25.8. The fraction of sp³-hybridized carbons (Fsp3) is 0.154. The van der Waals surface area contributed by atoms with Crippen LogP contribution in [0.3, 0.4) is 0 Å². The summed E-state index contributed by atoms with van der Waals surface area (Å²) in [5.41, 5.74) is 3.33. The summed E-state index contributed by atoms with van der Waals surface area (Å²) in [6, 6.07) is 18.4. The van der Waals surface area contributed by atoms with Gasteiger partial charge in [-0.25, -0.2) is 0 Å². The highest BCUT2D eigenvalue weighted by Crippen LogP contribution is 2.30. The number of carbonyl (C=O) groups excluding carboxylic acids is 2. The van der Waals surface area contributed by atoms with Crippen molar-refractivity contribution in [1.82, 2.24) is 10.6 Å². The van der Waals surface area contributed by atoms with Gasteiger partial charge in [0.25, 0.3) is 11.8 Å². The van der Waals surface area contributed by atoms with Crippen LogP contribution in [0.4, 0.5) is 0 Å². The molecular weight excluding hydrogens is 404 g/mol. The summed E-state index contributed by atoms with van der Waals surface area (Å²) in [5, 5.41) is 5.55. The molecule has 0 aliphatic carbocycles. The molecule has 2 amide bonds. The lowest BCUT2D eigenvalue weighted by Crippen LogP contribution is -2.35. The van der Waals surface area contributed by atoms with Gasteiger partial charge in [-0.2, -0.15) is 0 Å². The first-order valence-electron chi connectivity index (χ1n) is 10.4. The molecule has 0 unspecified atom stereocenters. The van der Waals surface area contributed by atoms with Crippen molar-refractivity contribution in [3.05, 3.63) is 107 Å². The molecule has 32 heavy (non-hydrogen) atoms. The zero-order valence-corrected chi connectivity index (χ0v) is 17.9. The van der Waals surface area contributed by atoms with Crippen LogP contribution >= 0.6 is 0 Å². The second-order valence-corrected chi connectivity index (χ2v) is 7.58. The van der Waals surface area contributed by atoms with Gasteiger partial charge in [-0.1, -0.05) is 35.9 Å². The molecule has 3 aromatic rings. The normalized spacial score (nSPS) is 15.2. The van der Waals surface area contributed by atoms with Crippen molar-refractivity contribution in [2.75, 3.05) is 0 Å². The van der Waals surface area contributed by atoms with E-state index in [0.29, 0.717) is 11.3 Å². The Morgan fingerprint density at radius 1 is 1.03 bits per heavy atom. The first-order chi connectivity index (χ1) is 15.5. The average Bonchev–Trinajstić information content (AvgIpc) is 3.31. The Morgan fingerprint density at radius 2 is 1.81 bits per heavy atom. The number of aryl methyl sites for hydroxylation is 1. The Morgan fingerprint density at radius 3 is 2.56 bits per heavy atom. The lowest BCUT2D eigenvalue weighted by Gasteiger charge is -2.23. The summed E-state index contributed by atoms with van der Waals surface area (Å²) in [7, 11) is 0. The van der Waals surface area contributed by atoms with Gasteiger partial charge < -0.3 is 19.8 Å². The van der Waals surface area contributed by atoms with Crippen LogP contribution in [0.5, 0.6) is 5.75 Å². The van der Waals surface area contributed by atoms with Crippen LogP contribution in [0.2, 0.25) is 0 Å². The van der Waals surface area contributed by atoms with Gasteiger partial charge in [-0.05, 0) is 61.9 Å². The zero-order chi connectivity index (χ0) is 22.5. The first-order valence-corrected chi connectivity index (χ1v) is 10.4. The summed E-state index contributed by atoms with van der Waals surface area (Å²) < 4.78 is 11.3. The van der Waals surface area contributed by atoms with Crippen molar-refractivity contribution in [3.8, 4) is 5.75 Å². The van der Waals surface area contributed by atoms with E-state index >= 15 is 0 Å². The van der Waals surface area contributed by atoms with Gasteiger partial charge >= 0.3 is 0 Å². The van der Waals surface area contributed by atoms with Crippen LogP contribution in [0.15, 0.2) is 88.7 Å². The van der Waals surface area contributed by atoms with Crippen LogP contribution in [0.1, 0.15) is 34.2 Å². The standard InChI is InChI=1S/C26H24N2O4/c1-17-9-11-19(12-10-17)25(29)28-23(26(30)27-16-22-7-5-13-31-22)15-21-14-20-6-3-4-8-24(20)32-18(21)2/h3-15,18H,16H2,1-2H3,(H,27,30)(H,28,29)/b23-15-/t18-/m0/s1. The molecule has 162 valence electrons. The highest BCUT2D eigenvalue weighted by Gasteiger charge is 2.21. The first kappa shape index (κ1) is 21.2. The van der Waals surface area contributed by atoms with E-state index in [1.165, 1.54) is 0 Å². The monoisotopic (exact) mass is 428 g/mol. The number of nitrogens with one attached hydrogen (secondary N) is 2. The van der Waals surface area contributed by atoms with Crippen LogP contribution in [-0.2, 0) is 11.3 Å². The van der Waals surface area contributed by atoms with Crippen LogP contribution in [0, 0.1) is 6.92 Å². The van der Waals surface area contributed by atoms with E-state index in [9.17, 15) is 9.59 Å². The van der Waals surface area contributed by atoms with Crippen LogP contribution in [0.25, 0.3) is 6.08 Å². The number of hydrogen-bond donors (Lipinski definition) is 2. The molecule has 2 N–H and O–H groups in total.